The zero-order valence-corrected chi connectivity index (χ0v) is 15.8. The Hall–Kier alpha value is -1.63. The van der Waals surface area contributed by atoms with Crippen molar-refractivity contribution in [3.8, 4) is 0 Å². The number of hydrogen-bond acceptors (Lipinski definition) is 4. The van der Waals surface area contributed by atoms with E-state index in [-0.39, 0.29) is 5.91 Å². The standard InChI is InChI=1S/C19H25ClN4O2/c1-13-16(19(25)24(20)6-7-26-12-14-2-3-14)4-5-18-17(13)11-23(22-18)10-15-8-21-9-15/h4-5,11,14-15,21H,2-3,6-10,12H2,1H3. The van der Waals surface area contributed by atoms with E-state index < -0.39 is 0 Å². The number of fused-ring (bicyclic) bond motifs is 1. The molecule has 0 unspecified atom stereocenters. The second kappa shape index (κ2) is 7.55. The molecule has 140 valence electrons. The zero-order valence-electron chi connectivity index (χ0n) is 15.1. The van der Waals surface area contributed by atoms with Crippen molar-refractivity contribution in [3.05, 3.63) is 29.5 Å². The average Bonchev–Trinajstić information content (AvgIpc) is 3.32. The van der Waals surface area contributed by atoms with Crippen molar-refractivity contribution < 1.29 is 9.53 Å². The van der Waals surface area contributed by atoms with Crippen LogP contribution in [-0.2, 0) is 11.3 Å². The first-order chi connectivity index (χ1) is 12.6. The summed E-state index contributed by atoms with van der Waals surface area (Å²) in [6, 6.07) is 3.72. The number of halogens is 1. The summed E-state index contributed by atoms with van der Waals surface area (Å²) in [6.45, 7) is 6.59. The number of aryl methyl sites for hydroxylation is 1. The predicted octanol–water partition coefficient (Wildman–Crippen LogP) is 2.59. The lowest BCUT2D eigenvalue weighted by Gasteiger charge is -2.26. The Morgan fingerprint density at radius 3 is 2.88 bits per heavy atom. The third-order valence-electron chi connectivity index (χ3n) is 5.25. The Labute approximate surface area is 158 Å². The smallest absolute Gasteiger partial charge is 0.268 e. The Kier molecular flexibility index (Phi) is 5.16. The summed E-state index contributed by atoms with van der Waals surface area (Å²) in [5.74, 6) is 1.17. The molecule has 1 amide bonds. The number of carbonyl (C=O) groups is 1. The van der Waals surface area contributed by atoms with Gasteiger partial charge in [0.2, 0.25) is 0 Å². The van der Waals surface area contributed by atoms with Crippen LogP contribution in [0, 0.1) is 18.8 Å². The molecule has 2 aromatic rings. The van der Waals surface area contributed by atoms with Gasteiger partial charge in [-0.2, -0.15) is 5.10 Å². The Morgan fingerprint density at radius 2 is 2.19 bits per heavy atom. The fourth-order valence-electron chi connectivity index (χ4n) is 3.26. The highest BCUT2D eigenvalue weighted by Crippen LogP contribution is 2.28. The van der Waals surface area contributed by atoms with Crippen LogP contribution in [0.3, 0.4) is 0 Å². The van der Waals surface area contributed by atoms with Gasteiger partial charge in [0, 0.05) is 61.1 Å². The van der Waals surface area contributed by atoms with E-state index in [0.717, 1.165) is 42.7 Å². The highest BCUT2D eigenvalue weighted by molar-refractivity contribution is 6.24. The number of aromatic nitrogens is 2. The summed E-state index contributed by atoms with van der Waals surface area (Å²) < 4.78 is 8.79. The van der Waals surface area contributed by atoms with Gasteiger partial charge in [-0.15, -0.1) is 0 Å². The van der Waals surface area contributed by atoms with Crippen molar-refractivity contribution in [3.63, 3.8) is 0 Å². The number of carbonyl (C=O) groups excluding carboxylic acids is 1. The Morgan fingerprint density at radius 1 is 1.38 bits per heavy atom. The van der Waals surface area contributed by atoms with E-state index in [4.69, 9.17) is 16.5 Å². The normalized spacial score (nSPS) is 17.5. The van der Waals surface area contributed by atoms with Gasteiger partial charge in [0.1, 0.15) is 0 Å². The monoisotopic (exact) mass is 376 g/mol. The molecule has 7 heteroatoms. The van der Waals surface area contributed by atoms with Crippen molar-refractivity contribution in [2.75, 3.05) is 32.8 Å². The fraction of sp³-hybridized carbons (Fsp3) is 0.579. The first kappa shape index (κ1) is 17.8. The summed E-state index contributed by atoms with van der Waals surface area (Å²) in [4.78, 5) is 12.7. The van der Waals surface area contributed by atoms with E-state index in [1.54, 1.807) is 0 Å². The van der Waals surface area contributed by atoms with E-state index in [0.29, 0.717) is 30.6 Å². The maximum Gasteiger partial charge on any atom is 0.268 e. The van der Waals surface area contributed by atoms with Crippen LogP contribution in [0.25, 0.3) is 10.9 Å². The molecular weight excluding hydrogens is 352 g/mol. The molecule has 1 saturated carbocycles. The summed E-state index contributed by atoms with van der Waals surface area (Å²) >= 11 is 6.20. The lowest BCUT2D eigenvalue weighted by atomic mass is 10.0. The van der Waals surface area contributed by atoms with E-state index >= 15 is 0 Å². The van der Waals surface area contributed by atoms with E-state index in [1.165, 1.54) is 17.3 Å². The molecular formula is C19H25ClN4O2. The number of benzene rings is 1. The minimum atomic E-state index is -0.183. The molecule has 0 spiro atoms. The van der Waals surface area contributed by atoms with Crippen LogP contribution < -0.4 is 5.32 Å². The largest absolute Gasteiger partial charge is 0.379 e. The van der Waals surface area contributed by atoms with Crippen molar-refractivity contribution in [1.82, 2.24) is 19.5 Å². The van der Waals surface area contributed by atoms with E-state index in [9.17, 15) is 4.79 Å². The van der Waals surface area contributed by atoms with Gasteiger partial charge in [-0.25, -0.2) is 4.42 Å². The van der Waals surface area contributed by atoms with Gasteiger partial charge in [-0.05, 0) is 43.4 Å². The molecule has 2 fully saturated rings. The van der Waals surface area contributed by atoms with Crippen LogP contribution in [0.4, 0.5) is 0 Å². The molecule has 1 aliphatic heterocycles. The van der Waals surface area contributed by atoms with Crippen molar-refractivity contribution in [2.45, 2.75) is 26.3 Å². The molecule has 1 aliphatic carbocycles. The third kappa shape index (κ3) is 3.87. The van der Waals surface area contributed by atoms with Gasteiger partial charge in [-0.1, -0.05) is 0 Å². The summed E-state index contributed by atoms with van der Waals surface area (Å²) in [6.07, 6.45) is 4.55. The van der Waals surface area contributed by atoms with Crippen molar-refractivity contribution in [1.29, 1.82) is 0 Å². The second-order valence-electron chi connectivity index (χ2n) is 7.46. The van der Waals surface area contributed by atoms with Crippen molar-refractivity contribution >= 4 is 28.6 Å². The first-order valence-electron chi connectivity index (χ1n) is 9.34. The average molecular weight is 377 g/mol. The van der Waals surface area contributed by atoms with Gasteiger partial charge in [0.05, 0.1) is 18.7 Å². The number of nitrogens with zero attached hydrogens (tertiary/aromatic N) is 3. The molecule has 4 rings (SSSR count). The van der Waals surface area contributed by atoms with Crippen LogP contribution in [0.2, 0.25) is 0 Å². The fourth-order valence-corrected chi connectivity index (χ4v) is 3.42. The summed E-state index contributed by atoms with van der Waals surface area (Å²) in [5.41, 5.74) is 2.47. The van der Waals surface area contributed by atoms with Gasteiger partial charge in [0.15, 0.2) is 0 Å². The Balaban J connectivity index is 1.42. The van der Waals surface area contributed by atoms with Gasteiger partial charge in [-0.3, -0.25) is 9.48 Å². The molecule has 0 bridgehead atoms. The van der Waals surface area contributed by atoms with Gasteiger partial charge >= 0.3 is 0 Å². The molecule has 2 aliphatic rings. The molecule has 1 aromatic carbocycles. The topological polar surface area (TPSA) is 59.4 Å². The SMILES string of the molecule is Cc1c(C(=O)N(Cl)CCOCC2CC2)ccc2nn(CC3CNC3)cc12. The van der Waals surface area contributed by atoms with Gasteiger partial charge in [0.25, 0.3) is 5.91 Å². The maximum absolute atomic E-state index is 12.7. The molecule has 2 heterocycles. The van der Waals surface area contributed by atoms with E-state index in [2.05, 4.69) is 10.4 Å². The lowest BCUT2D eigenvalue weighted by Crippen LogP contribution is -2.44. The maximum atomic E-state index is 12.7. The second-order valence-corrected chi connectivity index (χ2v) is 7.86. The van der Waals surface area contributed by atoms with Crippen LogP contribution in [0.15, 0.2) is 18.3 Å². The predicted molar refractivity (Wildman–Crippen MR) is 101 cm³/mol. The van der Waals surface area contributed by atoms with Crippen LogP contribution in [0.5, 0.6) is 0 Å². The molecule has 1 N–H and O–H groups in total. The summed E-state index contributed by atoms with van der Waals surface area (Å²) in [7, 11) is 0. The van der Waals surface area contributed by atoms with Crippen LogP contribution >= 0.6 is 11.8 Å². The first-order valence-corrected chi connectivity index (χ1v) is 9.68. The molecule has 26 heavy (non-hydrogen) atoms. The number of rotatable bonds is 8. The summed E-state index contributed by atoms with van der Waals surface area (Å²) in [5, 5.41) is 8.92. The highest BCUT2D eigenvalue weighted by Gasteiger charge is 2.22. The highest BCUT2D eigenvalue weighted by atomic mass is 35.5. The van der Waals surface area contributed by atoms with Crippen molar-refractivity contribution in [2.24, 2.45) is 11.8 Å². The lowest BCUT2D eigenvalue weighted by molar-refractivity contribution is 0.0776. The molecule has 6 nitrogen and oxygen atoms in total. The minimum Gasteiger partial charge on any atom is -0.379 e. The van der Waals surface area contributed by atoms with E-state index in [1.807, 2.05) is 29.9 Å². The number of amides is 1. The zero-order chi connectivity index (χ0) is 18.1. The number of hydrogen-bond donors (Lipinski definition) is 1. The number of nitrogens with one attached hydrogen (secondary N) is 1. The third-order valence-corrected chi connectivity index (χ3v) is 5.57. The van der Waals surface area contributed by atoms with Gasteiger partial charge < -0.3 is 10.1 Å². The Bertz CT molecular complexity index is 798. The molecule has 1 aromatic heterocycles. The molecule has 0 radical (unpaired) electrons. The van der Waals surface area contributed by atoms with Crippen LogP contribution in [-0.4, -0.2) is 53.0 Å². The minimum absolute atomic E-state index is 0.183. The number of ether oxygens (including phenoxy) is 1. The van der Waals surface area contributed by atoms with Crippen LogP contribution in [0.1, 0.15) is 28.8 Å². The quantitative estimate of drug-likeness (QED) is 0.568. The molecule has 1 saturated heterocycles. The molecule has 0 atom stereocenters.